The normalized spacial score (nSPS) is 13.0. The highest BCUT2D eigenvalue weighted by Crippen LogP contribution is 2.20. The van der Waals surface area contributed by atoms with Crippen molar-refractivity contribution in [2.24, 2.45) is 11.8 Å². The molecule has 0 aliphatic heterocycles. The molecule has 0 radical (unpaired) electrons. The molecule has 0 heterocycles. The van der Waals surface area contributed by atoms with Gasteiger partial charge in [0.2, 0.25) is 0 Å². The molecular formula is C24H38O4. The summed E-state index contributed by atoms with van der Waals surface area (Å²) in [7, 11) is 0. The molecular weight excluding hydrogens is 352 g/mol. The molecule has 0 bridgehead atoms. The largest absolute Gasteiger partial charge is 0.462 e. The number of hydrogen-bond donors (Lipinski definition) is 0. The maximum absolute atomic E-state index is 12.2. The lowest BCUT2D eigenvalue weighted by Gasteiger charge is -2.15. The highest BCUT2D eigenvalue weighted by molar-refractivity contribution is 5.89. The Labute approximate surface area is 171 Å². The Morgan fingerprint density at radius 2 is 1.43 bits per heavy atom. The van der Waals surface area contributed by atoms with Crippen molar-refractivity contribution in [3.05, 3.63) is 29.8 Å². The molecule has 0 saturated heterocycles. The molecule has 158 valence electrons. The lowest BCUT2D eigenvalue weighted by molar-refractivity contribution is -0.135. The molecule has 1 aromatic carbocycles. The summed E-state index contributed by atoms with van der Waals surface area (Å²) in [6, 6.07) is 6.64. The number of ether oxygens (including phenoxy) is 2. The van der Waals surface area contributed by atoms with Crippen molar-refractivity contribution in [2.75, 3.05) is 6.61 Å². The van der Waals surface area contributed by atoms with Crippen LogP contribution in [0.15, 0.2) is 24.3 Å². The van der Waals surface area contributed by atoms with E-state index in [4.69, 9.17) is 9.47 Å². The van der Waals surface area contributed by atoms with Crippen molar-refractivity contribution in [3.8, 4) is 5.75 Å². The maximum atomic E-state index is 12.2. The number of carbonyl (C=O) groups is 2. The van der Waals surface area contributed by atoms with Crippen LogP contribution in [-0.2, 0) is 9.53 Å². The van der Waals surface area contributed by atoms with Gasteiger partial charge >= 0.3 is 11.9 Å². The first-order chi connectivity index (χ1) is 13.5. The Balaban J connectivity index is 2.49. The molecule has 0 spiro atoms. The fourth-order valence-electron chi connectivity index (χ4n) is 3.19. The second-order valence-electron chi connectivity index (χ2n) is 7.63. The Kier molecular flexibility index (Phi) is 12.3. The van der Waals surface area contributed by atoms with Gasteiger partial charge < -0.3 is 9.47 Å². The molecule has 4 nitrogen and oxygen atoms in total. The minimum atomic E-state index is -0.321. The number of benzene rings is 1. The Bertz CT molecular complexity index is 564. The standard InChI is InChI=1S/C24H38O4/c1-5-9-11-19(7-3)17-23(25)28-22-15-13-21(14-16-22)24(26)27-18-20(8-4)12-10-6-2/h13-16,19-20H,5-12,17-18H2,1-4H3. The van der Waals surface area contributed by atoms with Crippen molar-refractivity contribution >= 4 is 11.9 Å². The summed E-state index contributed by atoms with van der Waals surface area (Å²) in [4.78, 5) is 24.4. The van der Waals surface area contributed by atoms with Gasteiger partial charge in [-0.3, -0.25) is 4.79 Å². The van der Waals surface area contributed by atoms with E-state index in [1.54, 1.807) is 24.3 Å². The van der Waals surface area contributed by atoms with E-state index in [1.165, 1.54) is 0 Å². The van der Waals surface area contributed by atoms with Crippen LogP contribution in [0.5, 0.6) is 5.75 Å². The summed E-state index contributed by atoms with van der Waals surface area (Å²) >= 11 is 0. The predicted molar refractivity (Wildman–Crippen MR) is 114 cm³/mol. The summed E-state index contributed by atoms with van der Waals surface area (Å²) in [5, 5.41) is 0. The zero-order valence-corrected chi connectivity index (χ0v) is 18.2. The maximum Gasteiger partial charge on any atom is 0.338 e. The van der Waals surface area contributed by atoms with Crippen LogP contribution >= 0.6 is 0 Å². The van der Waals surface area contributed by atoms with Gasteiger partial charge in [-0.15, -0.1) is 0 Å². The predicted octanol–water partition coefficient (Wildman–Crippen LogP) is 6.57. The van der Waals surface area contributed by atoms with Crippen molar-refractivity contribution in [1.82, 2.24) is 0 Å². The van der Waals surface area contributed by atoms with Crippen molar-refractivity contribution in [2.45, 2.75) is 85.5 Å². The van der Waals surface area contributed by atoms with E-state index in [0.29, 0.717) is 36.2 Å². The van der Waals surface area contributed by atoms with Crippen molar-refractivity contribution in [1.29, 1.82) is 0 Å². The quantitative estimate of drug-likeness (QED) is 0.266. The number of esters is 2. The van der Waals surface area contributed by atoms with Crippen molar-refractivity contribution in [3.63, 3.8) is 0 Å². The van der Waals surface area contributed by atoms with Gasteiger partial charge in [-0.1, -0.05) is 66.2 Å². The summed E-state index contributed by atoms with van der Waals surface area (Å²) in [5.74, 6) is 0.740. The molecule has 28 heavy (non-hydrogen) atoms. The molecule has 0 saturated carbocycles. The van der Waals surface area contributed by atoms with Gasteiger partial charge in [0.25, 0.3) is 0 Å². The van der Waals surface area contributed by atoms with Gasteiger partial charge in [-0.25, -0.2) is 4.79 Å². The van der Waals surface area contributed by atoms with Crippen LogP contribution in [0.25, 0.3) is 0 Å². The Morgan fingerprint density at radius 1 is 0.857 bits per heavy atom. The minimum absolute atomic E-state index is 0.208. The molecule has 0 N–H and O–H groups in total. The summed E-state index contributed by atoms with van der Waals surface area (Å²) < 4.78 is 10.9. The van der Waals surface area contributed by atoms with E-state index in [0.717, 1.165) is 51.4 Å². The molecule has 2 unspecified atom stereocenters. The summed E-state index contributed by atoms with van der Waals surface area (Å²) in [6.07, 6.45) is 9.18. The summed E-state index contributed by atoms with van der Waals surface area (Å²) in [5.41, 5.74) is 0.486. The molecule has 0 aliphatic carbocycles. The third-order valence-corrected chi connectivity index (χ3v) is 5.31. The SMILES string of the molecule is CCCCC(CC)COC(=O)c1ccc(OC(=O)CC(CC)CCCC)cc1. The van der Waals surface area contributed by atoms with Crippen LogP contribution in [0.2, 0.25) is 0 Å². The molecule has 0 aliphatic rings. The fraction of sp³-hybridized carbons (Fsp3) is 0.667. The first-order valence-corrected chi connectivity index (χ1v) is 11.0. The second kappa shape index (κ2) is 14.2. The topological polar surface area (TPSA) is 52.6 Å². The molecule has 1 rings (SSSR count). The van der Waals surface area contributed by atoms with Gasteiger partial charge in [-0.2, -0.15) is 0 Å². The first-order valence-electron chi connectivity index (χ1n) is 11.0. The average Bonchev–Trinajstić information content (AvgIpc) is 2.71. The second-order valence-corrected chi connectivity index (χ2v) is 7.63. The van der Waals surface area contributed by atoms with Crippen LogP contribution < -0.4 is 4.74 Å². The van der Waals surface area contributed by atoms with Crippen molar-refractivity contribution < 1.29 is 19.1 Å². The van der Waals surface area contributed by atoms with Crippen LogP contribution in [0.1, 0.15) is 95.8 Å². The van der Waals surface area contributed by atoms with E-state index in [1.807, 2.05) is 0 Å². The van der Waals surface area contributed by atoms with Gasteiger partial charge in [0, 0.05) is 6.42 Å². The zero-order chi connectivity index (χ0) is 20.8. The highest BCUT2D eigenvalue weighted by atomic mass is 16.5. The summed E-state index contributed by atoms with van der Waals surface area (Å²) in [6.45, 7) is 9.02. The minimum Gasteiger partial charge on any atom is -0.462 e. The fourth-order valence-corrected chi connectivity index (χ4v) is 3.19. The molecule has 1 aromatic rings. The molecule has 2 atom stereocenters. The van der Waals surface area contributed by atoms with Crippen LogP contribution in [-0.4, -0.2) is 18.5 Å². The average molecular weight is 391 g/mol. The number of carbonyl (C=O) groups excluding carboxylic acids is 2. The molecule has 4 heteroatoms. The third kappa shape index (κ3) is 9.38. The lowest BCUT2D eigenvalue weighted by atomic mass is 9.96. The first kappa shape index (κ1) is 24.2. The number of unbranched alkanes of at least 4 members (excludes halogenated alkanes) is 2. The lowest BCUT2D eigenvalue weighted by Crippen LogP contribution is -2.15. The van der Waals surface area contributed by atoms with E-state index in [2.05, 4.69) is 27.7 Å². The zero-order valence-electron chi connectivity index (χ0n) is 18.2. The molecule has 0 aromatic heterocycles. The number of rotatable bonds is 14. The molecule has 0 fully saturated rings. The Morgan fingerprint density at radius 3 is 1.96 bits per heavy atom. The van der Waals surface area contributed by atoms with Crippen LogP contribution in [0.4, 0.5) is 0 Å². The van der Waals surface area contributed by atoms with Crippen LogP contribution in [0.3, 0.4) is 0 Å². The van der Waals surface area contributed by atoms with E-state index < -0.39 is 0 Å². The number of hydrogen-bond acceptors (Lipinski definition) is 4. The van der Waals surface area contributed by atoms with Gasteiger partial charge in [0.05, 0.1) is 12.2 Å². The highest BCUT2D eigenvalue weighted by Gasteiger charge is 2.15. The van der Waals surface area contributed by atoms with E-state index in [-0.39, 0.29) is 11.9 Å². The van der Waals surface area contributed by atoms with E-state index in [9.17, 15) is 9.59 Å². The molecule has 0 amide bonds. The Hall–Kier alpha value is -1.84. The van der Waals surface area contributed by atoms with Gasteiger partial charge in [0.1, 0.15) is 5.75 Å². The smallest absolute Gasteiger partial charge is 0.338 e. The van der Waals surface area contributed by atoms with Crippen LogP contribution in [0, 0.1) is 11.8 Å². The third-order valence-electron chi connectivity index (χ3n) is 5.31. The monoisotopic (exact) mass is 390 g/mol. The van der Waals surface area contributed by atoms with Gasteiger partial charge in [-0.05, 0) is 48.9 Å². The van der Waals surface area contributed by atoms with Gasteiger partial charge in [0.15, 0.2) is 0 Å². The van der Waals surface area contributed by atoms with E-state index >= 15 is 0 Å².